The van der Waals surface area contributed by atoms with Crippen molar-refractivity contribution < 1.29 is 9.15 Å². The molecule has 2 atom stereocenters. The van der Waals surface area contributed by atoms with Gasteiger partial charge in [0.1, 0.15) is 11.3 Å². The third-order valence-corrected chi connectivity index (χ3v) is 3.52. The lowest BCUT2D eigenvalue weighted by molar-refractivity contribution is 0.0760. The number of hydrogen-bond donors (Lipinski definition) is 1. The number of rotatable bonds is 6. The molecule has 0 fully saturated rings. The van der Waals surface area contributed by atoms with Gasteiger partial charge in [-0.1, -0.05) is 25.1 Å². The Hall–Kier alpha value is -1.32. The van der Waals surface area contributed by atoms with Gasteiger partial charge in [0.25, 0.3) is 0 Å². The van der Waals surface area contributed by atoms with Gasteiger partial charge < -0.3 is 14.5 Å². The second-order valence-corrected chi connectivity index (χ2v) is 5.01. The van der Waals surface area contributed by atoms with Crippen LogP contribution in [0.15, 0.2) is 28.7 Å². The first kappa shape index (κ1) is 14.1. The van der Waals surface area contributed by atoms with Gasteiger partial charge in [-0.3, -0.25) is 0 Å². The number of ether oxygens (including phenoxy) is 1. The van der Waals surface area contributed by atoms with Crippen molar-refractivity contribution in [3.8, 4) is 0 Å². The number of fused-ring (bicyclic) bond motifs is 1. The smallest absolute Gasteiger partial charge is 0.137 e. The molecule has 0 radical (unpaired) electrons. The molecule has 1 aromatic carbocycles. The normalized spacial score (nSPS) is 14.7. The van der Waals surface area contributed by atoms with Crippen LogP contribution in [0.4, 0.5) is 0 Å². The number of nitrogens with one attached hydrogen (secondary N) is 1. The van der Waals surface area contributed by atoms with Crippen LogP contribution in [0.1, 0.15) is 37.6 Å². The van der Waals surface area contributed by atoms with Gasteiger partial charge in [0, 0.05) is 12.5 Å². The van der Waals surface area contributed by atoms with Gasteiger partial charge in [0.15, 0.2) is 0 Å². The summed E-state index contributed by atoms with van der Waals surface area (Å²) in [5.74, 6) is 0.951. The quantitative estimate of drug-likeness (QED) is 0.858. The lowest BCUT2D eigenvalue weighted by Gasteiger charge is -2.22. The minimum atomic E-state index is 0.0763. The molecule has 2 aromatic rings. The van der Waals surface area contributed by atoms with Crippen molar-refractivity contribution in [2.75, 3.05) is 13.7 Å². The highest BCUT2D eigenvalue weighted by atomic mass is 16.5. The number of methoxy groups -OCH3 is 1. The highest BCUT2D eigenvalue weighted by molar-refractivity contribution is 5.81. The monoisotopic (exact) mass is 261 g/mol. The number of para-hydroxylation sites is 1. The van der Waals surface area contributed by atoms with Gasteiger partial charge in [0.2, 0.25) is 0 Å². The number of furan rings is 1. The molecule has 0 saturated heterocycles. The lowest BCUT2D eigenvalue weighted by atomic mass is 10.1. The predicted octanol–water partition coefficient (Wildman–Crippen LogP) is 3.82. The molecule has 0 spiro atoms. The summed E-state index contributed by atoms with van der Waals surface area (Å²) in [5, 5.41) is 4.65. The molecule has 0 aliphatic carbocycles. The number of aryl methyl sites for hydroxylation is 1. The Balaban J connectivity index is 2.35. The Morgan fingerprint density at radius 2 is 2.16 bits per heavy atom. The Bertz CT molecular complexity index is 533. The van der Waals surface area contributed by atoms with Crippen molar-refractivity contribution in [1.29, 1.82) is 0 Å². The molecule has 2 rings (SSSR count). The second-order valence-electron chi connectivity index (χ2n) is 5.01. The Morgan fingerprint density at radius 3 is 2.79 bits per heavy atom. The molecule has 3 nitrogen and oxygen atoms in total. The minimum absolute atomic E-state index is 0.0763. The topological polar surface area (TPSA) is 34.4 Å². The predicted molar refractivity (Wildman–Crippen MR) is 78.5 cm³/mol. The van der Waals surface area contributed by atoms with Gasteiger partial charge in [0.05, 0.1) is 12.1 Å². The lowest BCUT2D eigenvalue weighted by Crippen LogP contribution is -2.31. The van der Waals surface area contributed by atoms with E-state index in [1.165, 1.54) is 5.56 Å². The fourth-order valence-corrected chi connectivity index (χ4v) is 2.32. The van der Waals surface area contributed by atoms with Gasteiger partial charge in [-0.15, -0.1) is 0 Å². The summed E-state index contributed by atoms with van der Waals surface area (Å²) in [4.78, 5) is 0. The molecule has 104 valence electrons. The fraction of sp³-hybridized carbons (Fsp3) is 0.500. The van der Waals surface area contributed by atoms with Crippen molar-refractivity contribution in [1.82, 2.24) is 5.32 Å². The summed E-state index contributed by atoms with van der Waals surface area (Å²) in [6.45, 7) is 7.25. The second kappa shape index (κ2) is 6.22. The van der Waals surface area contributed by atoms with Crippen LogP contribution in [0.2, 0.25) is 0 Å². The zero-order valence-electron chi connectivity index (χ0n) is 12.2. The van der Waals surface area contributed by atoms with E-state index >= 15 is 0 Å². The van der Waals surface area contributed by atoms with Crippen LogP contribution in [-0.4, -0.2) is 19.8 Å². The maximum atomic E-state index is 6.04. The van der Waals surface area contributed by atoms with Crippen LogP contribution in [-0.2, 0) is 4.74 Å². The van der Waals surface area contributed by atoms with E-state index < -0.39 is 0 Å². The SMILES string of the molecule is CCCNC(c1cc2cccc(C)c2o1)C(C)OC. The summed E-state index contributed by atoms with van der Waals surface area (Å²) in [5.41, 5.74) is 2.15. The molecule has 0 amide bonds. The molecule has 0 saturated carbocycles. The minimum Gasteiger partial charge on any atom is -0.459 e. The van der Waals surface area contributed by atoms with Crippen molar-refractivity contribution in [3.63, 3.8) is 0 Å². The zero-order chi connectivity index (χ0) is 13.8. The van der Waals surface area contributed by atoms with Gasteiger partial charge >= 0.3 is 0 Å². The summed E-state index contributed by atoms with van der Waals surface area (Å²) in [6, 6.07) is 8.43. The molecular formula is C16H23NO2. The summed E-state index contributed by atoms with van der Waals surface area (Å²) < 4.78 is 11.5. The van der Waals surface area contributed by atoms with Gasteiger partial charge in [-0.2, -0.15) is 0 Å². The van der Waals surface area contributed by atoms with E-state index in [9.17, 15) is 0 Å². The summed E-state index contributed by atoms with van der Waals surface area (Å²) in [6.07, 6.45) is 1.17. The third kappa shape index (κ3) is 2.99. The maximum Gasteiger partial charge on any atom is 0.137 e. The fourth-order valence-electron chi connectivity index (χ4n) is 2.32. The Kier molecular flexibility index (Phi) is 4.61. The van der Waals surface area contributed by atoms with E-state index in [0.717, 1.165) is 29.7 Å². The van der Waals surface area contributed by atoms with Gasteiger partial charge in [-0.25, -0.2) is 0 Å². The highest BCUT2D eigenvalue weighted by Gasteiger charge is 2.22. The van der Waals surface area contributed by atoms with Crippen molar-refractivity contribution in [2.24, 2.45) is 0 Å². The van der Waals surface area contributed by atoms with Crippen LogP contribution in [0.25, 0.3) is 11.0 Å². The summed E-state index contributed by atoms with van der Waals surface area (Å²) in [7, 11) is 1.74. The first-order chi connectivity index (χ1) is 9.17. The molecule has 1 aromatic heterocycles. The van der Waals surface area contributed by atoms with Crippen LogP contribution in [0.3, 0.4) is 0 Å². The van der Waals surface area contributed by atoms with E-state index in [1.807, 2.05) is 0 Å². The van der Waals surface area contributed by atoms with Gasteiger partial charge in [-0.05, 0) is 38.4 Å². The van der Waals surface area contributed by atoms with E-state index in [0.29, 0.717) is 0 Å². The first-order valence-electron chi connectivity index (χ1n) is 6.92. The third-order valence-electron chi connectivity index (χ3n) is 3.52. The summed E-state index contributed by atoms with van der Waals surface area (Å²) >= 11 is 0. The molecule has 1 N–H and O–H groups in total. The average molecular weight is 261 g/mol. The molecule has 3 heteroatoms. The first-order valence-corrected chi connectivity index (χ1v) is 6.92. The molecule has 0 bridgehead atoms. The molecule has 1 heterocycles. The van der Waals surface area contributed by atoms with Crippen LogP contribution < -0.4 is 5.32 Å². The van der Waals surface area contributed by atoms with Crippen LogP contribution >= 0.6 is 0 Å². The van der Waals surface area contributed by atoms with E-state index in [4.69, 9.17) is 9.15 Å². The van der Waals surface area contributed by atoms with Crippen molar-refractivity contribution in [3.05, 3.63) is 35.6 Å². The number of hydrogen-bond acceptors (Lipinski definition) is 3. The standard InChI is InChI=1S/C16H23NO2/c1-5-9-17-15(12(3)18-4)14-10-13-8-6-7-11(2)16(13)19-14/h6-8,10,12,15,17H,5,9H2,1-4H3. The average Bonchev–Trinajstić information content (AvgIpc) is 2.84. The molecule has 0 aliphatic heterocycles. The van der Waals surface area contributed by atoms with Crippen molar-refractivity contribution in [2.45, 2.75) is 39.3 Å². The Morgan fingerprint density at radius 1 is 1.37 bits per heavy atom. The molecule has 19 heavy (non-hydrogen) atoms. The molecular weight excluding hydrogens is 238 g/mol. The molecule has 2 unspecified atom stereocenters. The van der Waals surface area contributed by atoms with Crippen molar-refractivity contribution >= 4 is 11.0 Å². The number of benzene rings is 1. The van der Waals surface area contributed by atoms with E-state index in [1.54, 1.807) is 7.11 Å². The zero-order valence-corrected chi connectivity index (χ0v) is 12.2. The van der Waals surface area contributed by atoms with E-state index in [2.05, 4.69) is 50.4 Å². The maximum absolute atomic E-state index is 6.04. The molecule has 0 aliphatic rings. The van der Waals surface area contributed by atoms with Crippen LogP contribution in [0.5, 0.6) is 0 Å². The Labute approximate surface area is 114 Å². The highest BCUT2D eigenvalue weighted by Crippen LogP contribution is 2.28. The van der Waals surface area contributed by atoms with E-state index in [-0.39, 0.29) is 12.1 Å². The largest absolute Gasteiger partial charge is 0.459 e. The van der Waals surface area contributed by atoms with Crippen LogP contribution in [0, 0.1) is 6.92 Å².